The predicted molar refractivity (Wildman–Crippen MR) is 85.9 cm³/mol. The number of carboxylic acids is 1. The molecule has 0 fully saturated rings. The molecule has 2 aromatic rings. The number of carbonyl (C=O) groups is 2. The van der Waals surface area contributed by atoms with E-state index in [1.165, 1.54) is 12.1 Å². The molecule has 7 nitrogen and oxygen atoms in total. The lowest BCUT2D eigenvalue weighted by atomic mass is 10.1. The number of hydrogen-bond donors (Lipinski definition) is 3. The SMILES string of the molecule is CCCn1cc(-c2cc(F)cc(C(=O)NC[C@@H](N)C(=O)O)c2)cn1. The van der Waals surface area contributed by atoms with Crippen molar-refractivity contribution in [2.24, 2.45) is 5.73 Å². The number of nitrogens with one attached hydrogen (secondary N) is 1. The second-order valence-electron chi connectivity index (χ2n) is 5.38. The van der Waals surface area contributed by atoms with Gasteiger partial charge in [-0.25, -0.2) is 4.39 Å². The molecule has 24 heavy (non-hydrogen) atoms. The summed E-state index contributed by atoms with van der Waals surface area (Å²) in [6.45, 7) is 2.53. The van der Waals surface area contributed by atoms with Crippen LogP contribution in [-0.2, 0) is 11.3 Å². The van der Waals surface area contributed by atoms with Crippen molar-refractivity contribution in [1.82, 2.24) is 15.1 Å². The van der Waals surface area contributed by atoms with Crippen molar-refractivity contribution in [2.45, 2.75) is 25.9 Å². The third-order valence-electron chi connectivity index (χ3n) is 3.38. The molecular formula is C16H19FN4O3. The van der Waals surface area contributed by atoms with Gasteiger partial charge in [-0.1, -0.05) is 6.92 Å². The minimum absolute atomic E-state index is 0.0887. The van der Waals surface area contributed by atoms with E-state index in [2.05, 4.69) is 10.4 Å². The first-order valence-corrected chi connectivity index (χ1v) is 7.50. The smallest absolute Gasteiger partial charge is 0.322 e. The highest BCUT2D eigenvalue weighted by Gasteiger charge is 2.15. The number of halogens is 1. The fourth-order valence-corrected chi connectivity index (χ4v) is 2.14. The fourth-order valence-electron chi connectivity index (χ4n) is 2.14. The maximum absolute atomic E-state index is 13.8. The molecule has 4 N–H and O–H groups in total. The lowest BCUT2D eigenvalue weighted by Crippen LogP contribution is -2.42. The summed E-state index contributed by atoms with van der Waals surface area (Å²) in [7, 11) is 0. The quantitative estimate of drug-likeness (QED) is 0.705. The van der Waals surface area contributed by atoms with Gasteiger partial charge in [-0.2, -0.15) is 5.10 Å². The zero-order valence-corrected chi connectivity index (χ0v) is 13.2. The summed E-state index contributed by atoms with van der Waals surface area (Å²) in [5, 5.41) is 15.3. The van der Waals surface area contributed by atoms with Gasteiger partial charge in [-0.3, -0.25) is 14.3 Å². The third-order valence-corrected chi connectivity index (χ3v) is 3.38. The van der Waals surface area contributed by atoms with Gasteiger partial charge in [0.05, 0.1) is 6.20 Å². The van der Waals surface area contributed by atoms with Gasteiger partial charge in [0.25, 0.3) is 5.91 Å². The second-order valence-corrected chi connectivity index (χ2v) is 5.38. The summed E-state index contributed by atoms with van der Waals surface area (Å²) in [6.07, 6.45) is 4.30. The molecule has 8 heteroatoms. The van der Waals surface area contributed by atoms with Crippen LogP contribution in [0.15, 0.2) is 30.6 Å². The third kappa shape index (κ3) is 4.39. The highest BCUT2D eigenvalue weighted by Crippen LogP contribution is 2.21. The van der Waals surface area contributed by atoms with Gasteiger partial charge in [0.2, 0.25) is 0 Å². The van der Waals surface area contributed by atoms with Crippen LogP contribution in [0.2, 0.25) is 0 Å². The van der Waals surface area contributed by atoms with Crippen molar-refractivity contribution in [2.75, 3.05) is 6.54 Å². The molecule has 0 aliphatic heterocycles. The van der Waals surface area contributed by atoms with E-state index in [-0.39, 0.29) is 12.1 Å². The molecule has 0 unspecified atom stereocenters. The highest BCUT2D eigenvalue weighted by atomic mass is 19.1. The largest absolute Gasteiger partial charge is 0.480 e. The first kappa shape index (κ1) is 17.6. The van der Waals surface area contributed by atoms with Crippen LogP contribution in [-0.4, -0.2) is 39.4 Å². The molecule has 1 heterocycles. The number of carboxylic acid groups (broad SMARTS) is 1. The molecule has 0 aliphatic carbocycles. The standard InChI is InChI=1S/C16H19FN4O3/c1-2-3-21-9-12(7-20-21)10-4-11(6-13(17)5-10)15(22)19-8-14(18)16(23)24/h4-7,9,14H,2-3,8,18H2,1H3,(H,19,22)(H,23,24)/t14-/m1/s1. The average Bonchev–Trinajstić information content (AvgIpc) is 3.00. The van der Waals surface area contributed by atoms with Crippen molar-refractivity contribution in [1.29, 1.82) is 0 Å². The number of nitrogens with two attached hydrogens (primary N) is 1. The topological polar surface area (TPSA) is 110 Å². The normalized spacial score (nSPS) is 12.0. The highest BCUT2D eigenvalue weighted by molar-refractivity contribution is 5.95. The van der Waals surface area contributed by atoms with Gasteiger partial charge in [0.1, 0.15) is 11.9 Å². The molecule has 0 radical (unpaired) electrons. The Bertz CT molecular complexity index is 745. The summed E-state index contributed by atoms with van der Waals surface area (Å²) in [6, 6.07) is 2.71. The molecular weight excluding hydrogens is 315 g/mol. The molecule has 0 spiro atoms. The molecule has 1 amide bonds. The van der Waals surface area contributed by atoms with Crippen molar-refractivity contribution < 1.29 is 19.1 Å². The molecule has 128 valence electrons. The van der Waals surface area contributed by atoms with E-state index in [0.717, 1.165) is 19.0 Å². The van der Waals surface area contributed by atoms with E-state index in [0.29, 0.717) is 11.1 Å². The van der Waals surface area contributed by atoms with Crippen molar-refractivity contribution >= 4 is 11.9 Å². The molecule has 0 saturated heterocycles. The Morgan fingerprint density at radius 3 is 2.79 bits per heavy atom. The molecule has 1 aromatic carbocycles. The van der Waals surface area contributed by atoms with Crippen molar-refractivity contribution in [3.8, 4) is 11.1 Å². The van der Waals surface area contributed by atoms with Gasteiger partial charge in [-0.05, 0) is 30.2 Å². The van der Waals surface area contributed by atoms with Crippen LogP contribution in [0.5, 0.6) is 0 Å². The summed E-state index contributed by atoms with van der Waals surface area (Å²) < 4.78 is 15.6. The fraction of sp³-hybridized carbons (Fsp3) is 0.312. The van der Waals surface area contributed by atoms with E-state index in [9.17, 15) is 14.0 Å². The van der Waals surface area contributed by atoms with Crippen LogP contribution in [0.4, 0.5) is 4.39 Å². The van der Waals surface area contributed by atoms with Crippen LogP contribution in [0, 0.1) is 5.82 Å². The Morgan fingerprint density at radius 1 is 1.38 bits per heavy atom. The Hall–Kier alpha value is -2.74. The summed E-state index contributed by atoms with van der Waals surface area (Å²) >= 11 is 0. The Kier molecular flexibility index (Phi) is 5.64. The molecule has 2 rings (SSSR count). The zero-order valence-electron chi connectivity index (χ0n) is 13.2. The maximum atomic E-state index is 13.8. The monoisotopic (exact) mass is 334 g/mol. The van der Waals surface area contributed by atoms with Gasteiger partial charge in [0.15, 0.2) is 0 Å². The number of aliphatic carboxylic acids is 1. The average molecular weight is 334 g/mol. The molecule has 1 aromatic heterocycles. The molecule has 0 saturated carbocycles. The number of hydrogen-bond acceptors (Lipinski definition) is 4. The van der Waals surface area contributed by atoms with Gasteiger partial charge in [-0.15, -0.1) is 0 Å². The number of rotatable bonds is 7. The van der Waals surface area contributed by atoms with Crippen LogP contribution < -0.4 is 11.1 Å². The van der Waals surface area contributed by atoms with Crippen LogP contribution in [0.25, 0.3) is 11.1 Å². The van der Waals surface area contributed by atoms with Gasteiger partial charge < -0.3 is 16.2 Å². The number of amides is 1. The maximum Gasteiger partial charge on any atom is 0.322 e. The van der Waals surface area contributed by atoms with Crippen LogP contribution >= 0.6 is 0 Å². The Balaban J connectivity index is 2.18. The zero-order chi connectivity index (χ0) is 17.7. The van der Waals surface area contributed by atoms with E-state index in [1.54, 1.807) is 17.1 Å². The lowest BCUT2D eigenvalue weighted by molar-refractivity contribution is -0.138. The van der Waals surface area contributed by atoms with Crippen LogP contribution in [0.3, 0.4) is 0 Å². The molecule has 0 bridgehead atoms. The second kappa shape index (κ2) is 7.69. The minimum Gasteiger partial charge on any atom is -0.480 e. The van der Waals surface area contributed by atoms with E-state index in [1.807, 2.05) is 6.92 Å². The number of carbonyl (C=O) groups excluding carboxylic acids is 1. The Labute approximate surface area is 138 Å². The summed E-state index contributed by atoms with van der Waals surface area (Å²) in [4.78, 5) is 22.7. The van der Waals surface area contributed by atoms with Crippen LogP contribution in [0.1, 0.15) is 23.7 Å². The first-order valence-electron chi connectivity index (χ1n) is 7.50. The van der Waals surface area contributed by atoms with Gasteiger partial charge in [0, 0.05) is 30.4 Å². The number of benzene rings is 1. The van der Waals surface area contributed by atoms with E-state index < -0.39 is 23.7 Å². The number of aryl methyl sites for hydroxylation is 1. The Morgan fingerprint density at radius 2 is 2.12 bits per heavy atom. The van der Waals surface area contributed by atoms with Gasteiger partial charge >= 0.3 is 5.97 Å². The molecule has 0 aliphatic rings. The minimum atomic E-state index is -1.22. The van der Waals surface area contributed by atoms with E-state index in [4.69, 9.17) is 10.8 Å². The predicted octanol–water partition coefficient (Wildman–Crippen LogP) is 1.24. The summed E-state index contributed by atoms with van der Waals surface area (Å²) in [5.41, 5.74) is 6.63. The molecule has 1 atom stereocenters. The van der Waals surface area contributed by atoms with E-state index >= 15 is 0 Å². The first-order chi connectivity index (χ1) is 11.4. The van der Waals surface area contributed by atoms with Crippen molar-refractivity contribution in [3.63, 3.8) is 0 Å². The number of aromatic nitrogens is 2. The summed E-state index contributed by atoms with van der Waals surface area (Å²) in [5.74, 6) is -2.38. The van der Waals surface area contributed by atoms with Crippen molar-refractivity contribution in [3.05, 3.63) is 42.0 Å². The number of nitrogens with zero attached hydrogens (tertiary/aromatic N) is 2. The lowest BCUT2D eigenvalue weighted by Gasteiger charge is -2.09.